The van der Waals surface area contributed by atoms with Crippen molar-refractivity contribution in [1.29, 1.82) is 0 Å². The number of aryl methyl sites for hydroxylation is 1. The van der Waals surface area contributed by atoms with Crippen molar-refractivity contribution in [3.8, 4) is 0 Å². The third-order valence-corrected chi connectivity index (χ3v) is 4.94. The smallest absolute Gasteiger partial charge is 0.341 e. The van der Waals surface area contributed by atoms with E-state index in [9.17, 15) is 9.59 Å². The number of thioether (sulfide) groups is 1. The van der Waals surface area contributed by atoms with E-state index in [0.717, 1.165) is 31.2 Å². The van der Waals surface area contributed by atoms with E-state index in [-0.39, 0.29) is 11.9 Å². The summed E-state index contributed by atoms with van der Waals surface area (Å²) in [6.45, 7) is 2.14. The monoisotopic (exact) mass is 313 g/mol. The molecule has 1 aromatic rings. The molecule has 0 aromatic carbocycles. The molecule has 1 heterocycles. The van der Waals surface area contributed by atoms with Gasteiger partial charge in [-0.2, -0.15) is 11.8 Å². The molecular weight excluding hydrogens is 294 g/mol. The summed E-state index contributed by atoms with van der Waals surface area (Å²) < 4.78 is 5.15. The first-order chi connectivity index (χ1) is 9.67. The number of fused-ring (bicyclic) bond motifs is 1. The van der Waals surface area contributed by atoms with Crippen LogP contribution in [0.25, 0.3) is 0 Å². The number of carbonyl (C=O) groups is 2. The summed E-state index contributed by atoms with van der Waals surface area (Å²) >= 11 is 2.99. The second-order valence-electron chi connectivity index (χ2n) is 4.62. The largest absolute Gasteiger partial charge is 0.462 e. The summed E-state index contributed by atoms with van der Waals surface area (Å²) in [5.74, 6) is 0.0122. The second-order valence-corrected chi connectivity index (χ2v) is 6.59. The Labute approximate surface area is 127 Å². The van der Waals surface area contributed by atoms with Gasteiger partial charge in [0, 0.05) is 4.88 Å². The third kappa shape index (κ3) is 3.35. The summed E-state index contributed by atoms with van der Waals surface area (Å²) in [6, 6.07) is 0. The van der Waals surface area contributed by atoms with Crippen molar-refractivity contribution in [2.45, 2.75) is 32.6 Å². The van der Waals surface area contributed by atoms with Gasteiger partial charge in [-0.25, -0.2) is 4.79 Å². The van der Waals surface area contributed by atoms with Crippen LogP contribution < -0.4 is 5.32 Å². The highest BCUT2D eigenvalue weighted by Gasteiger charge is 2.27. The standard InChI is InChI=1S/C14H19NO3S2/c1-3-18-14(17)12-9-6-4-5-7-10(9)20-13(12)15-11(16)8-19-2/h3-8H2,1-2H3,(H,15,16). The van der Waals surface area contributed by atoms with Crippen molar-refractivity contribution < 1.29 is 14.3 Å². The molecule has 2 rings (SSSR count). The molecule has 0 bridgehead atoms. The molecule has 0 atom stereocenters. The van der Waals surface area contributed by atoms with Crippen molar-refractivity contribution >= 4 is 40.0 Å². The number of carbonyl (C=O) groups excluding carboxylic acids is 2. The predicted octanol–water partition coefficient (Wildman–Crippen LogP) is 3.11. The number of rotatable bonds is 5. The number of esters is 1. The Balaban J connectivity index is 2.31. The number of nitrogens with one attached hydrogen (secondary N) is 1. The molecule has 1 N–H and O–H groups in total. The maximum absolute atomic E-state index is 12.2. The number of hydrogen-bond donors (Lipinski definition) is 1. The van der Waals surface area contributed by atoms with Crippen LogP contribution in [0.3, 0.4) is 0 Å². The van der Waals surface area contributed by atoms with Gasteiger partial charge in [-0.15, -0.1) is 11.3 Å². The lowest BCUT2D eigenvalue weighted by atomic mass is 9.95. The number of hydrogen-bond acceptors (Lipinski definition) is 5. The first kappa shape index (κ1) is 15.4. The van der Waals surface area contributed by atoms with Gasteiger partial charge in [-0.05, 0) is 44.4 Å². The van der Waals surface area contributed by atoms with E-state index in [0.29, 0.717) is 22.9 Å². The molecule has 110 valence electrons. The zero-order valence-electron chi connectivity index (χ0n) is 11.8. The zero-order chi connectivity index (χ0) is 14.5. The third-order valence-electron chi connectivity index (χ3n) is 3.18. The highest BCUT2D eigenvalue weighted by molar-refractivity contribution is 7.99. The fourth-order valence-corrected chi connectivity index (χ4v) is 3.99. The van der Waals surface area contributed by atoms with Crippen LogP contribution in [0.5, 0.6) is 0 Å². The van der Waals surface area contributed by atoms with Crippen molar-refractivity contribution in [2.24, 2.45) is 0 Å². The lowest BCUT2D eigenvalue weighted by molar-refractivity contribution is -0.113. The van der Waals surface area contributed by atoms with Crippen molar-refractivity contribution in [3.63, 3.8) is 0 Å². The van der Waals surface area contributed by atoms with E-state index in [1.807, 2.05) is 6.26 Å². The van der Waals surface area contributed by atoms with Crippen molar-refractivity contribution in [2.75, 3.05) is 23.9 Å². The average Bonchev–Trinajstić information content (AvgIpc) is 2.76. The Morgan fingerprint density at radius 3 is 2.80 bits per heavy atom. The molecule has 1 amide bonds. The first-order valence-corrected chi connectivity index (χ1v) is 8.98. The summed E-state index contributed by atoms with van der Waals surface area (Å²) in [5, 5.41) is 3.53. The molecule has 1 aliphatic carbocycles. The Kier molecular flexibility index (Phi) is 5.48. The van der Waals surface area contributed by atoms with E-state index in [1.54, 1.807) is 6.92 Å². The average molecular weight is 313 g/mol. The second kappa shape index (κ2) is 7.13. The summed E-state index contributed by atoms with van der Waals surface area (Å²) in [4.78, 5) is 25.2. The van der Waals surface area contributed by atoms with Crippen LogP contribution in [0, 0.1) is 0 Å². The topological polar surface area (TPSA) is 55.4 Å². The molecule has 0 radical (unpaired) electrons. The predicted molar refractivity (Wildman–Crippen MR) is 83.9 cm³/mol. The lowest BCUT2D eigenvalue weighted by Gasteiger charge is -2.12. The molecule has 0 unspecified atom stereocenters. The van der Waals surface area contributed by atoms with Crippen LogP contribution in [0.1, 0.15) is 40.6 Å². The quantitative estimate of drug-likeness (QED) is 0.849. The molecule has 1 aliphatic rings. The van der Waals surface area contributed by atoms with Gasteiger partial charge in [-0.1, -0.05) is 0 Å². The minimum Gasteiger partial charge on any atom is -0.462 e. The molecule has 0 spiro atoms. The molecule has 1 aromatic heterocycles. The van der Waals surface area contributed by atoms with Gasteiger partial charge in [0.25, 0.3) is 0 Å². The van der Waals surface area contributed by atoms with Gasteiger partial charge in [0.2, 0.25) is 5.91 Å². The fourth-order valence-electron chi connectivity index (χ4n) is 2.37. The summed E-state index contributed by atoms with van der Waals surface area (Å²) in [5.41, 5.74) is 1.67. The van der Waals surface area contributed by atoms with Crippen LogP contribution in [0.4, 0.5) is 5.00 Å². The lowest BCUT2D eigenvalue weighted by Crippen LogP contribution is -2.16. The van der Waals surface area contributed by atoms with Gasteiger partial charge >= 0.3 is 5.97 Å². The van der Waals surface area contributed by atoms with E-state index in [4.69, 9.17) is 4.74 Å². The van der Waals surface area contributed by atoms with Crippen molar-refractivity contribution in [3.05, 3.63) is 16.0 Å². The van der Waals surface area contributed by atoms with E-state index in [1.165, 1.54) is 28.0 Å². The molecule has 0 saturated heterocycles. The number of thiophene rings is 1. The highest BCUT2D eigenvalue weighted by Crippen LogP contribution is 2.38. The molecule has 0 aliphatic heterocycles. The van der Waals surface area contributed by atoms with Crippen LogP contribution in [-0.4, -0.2) is 30.5 Å². The summed E-state index contributed by atoms with van der Waals surface area (Å²) in [7, 11) is 0. The van der Waals surface area contributed by atoms with E-state index in [2.05, 4.69) is 5.32 Å². The Morgan fingerprint density at radius 1 is 1.35 bits per heavy atom. The molecule has 4 nitrogen and oxygen atoms in total. The normalized spacial score (nSPS) is 13.7. The van der Waals surface area contributed by atoms with E-state index < -0.39 is 0 Å². The fraction of sp³-hybridized carbons (Fsp3) is 0.571. The van der Waals surface area contributed by atoms with Crippen LogP contribution >= 0.6 is 23.1 Å². The van der Waals surface area contributed by atoms with Crippen LogP contribution in [0.15, 0.2) is 0 Å². The Hall–Kier alpha value is -1.01. The van der Waals surface area contributed by atoms with Gasteiger partial charge in [0.15, 0.2) is 0 Å². The molecule has 0 fully saturated rings. The number of ether oxygens (including phenoxy) is 1. The van der Waals surface area contributed by atoms with Crippen LogP contribution in [0.2, 0.25) is 0 Å². The highest BCUT2D eigenvalue weighted by atomic mass is 32.2. The number of anilines is 1. The number of amides is 1. The Bertz CT molecular complexity index is 511. The molecule has 20 heavy (non-hydrogen) atoms. The minimum atomic E-state index is -0.314. The zero-order valence-corrected chi connectivity index (χ0v) is 13.4. The van der Waals surface area contributed by atoms with Gasteiger partial charge in [-0.3, -0.25) is 4.79 Å². The maximum atomic E-state index is 12.2. The molecule has 6 heteroatoms. The van der Waals surface area contributed by atoms with Crippen molar-refractivity contribution in [1.82, 2.24) is 0 Å². The first-order valence-electron chi connectivity index (χ1n) is 6.77. The van der Waals surface area contributed by atoms with E-state index >= 15 is 0 Å². The SMILES string of the molecule is CCOC(=O)c1c(NC(=O)CSC)sc2c1CCCC2. The van der Waals surface area contributed by atoms with Crippen LogP contribution in [-0.2, 0) is 22.4 Å². The Morgan fingerprint density at radius 2 is 2.10 bits per heavy atom. The molecular formula is C14H19NO3S2. The maximum Gasteiger partial charge on any atom is 0.341 e. The molecule has 0 saturated carbocycles. The van der Waals surface area contributed by atoms with Gasteiger partial charge in [0.05, 0.1) is 17.9 Å². The van der Waals surface area contributed by atoms with Gasteiger partial charge in [0.1, 0.15) is 5.00 Å². The minimum absolute atomic E-state index is 0.0679. The van der Waals surface area contributed by atoms with Gasteiger partial charge < -0.3 is 10.1 Å². The summed E-state index contributed by atoms with van der Waals surface area (Å²) in [6.07, 6.45) is 6.01.